The summed E-state index contributed by atoms with van der Waals surface area (Å²) >= 11 is 7.74. The molecule has 0 amide bonds. The molecule has 1 atom stereocenters. The van der Waals surface area contributed by atoms with Crippen molar-refractivity contribution in [2.24, 2.45) is 0 Å². The van der Waals surface area contributed by atoms with Crippen molar-refractivity contribution < 1.29 is 4.74 Å². The fraction of sp³-hybridized carbons (Fsp3) is 0.167. The van der Waals surface area contributed by atoms with Crippen LogP contribution in [0, 0.1) is 0 Å². The number of allylic oxidation sites excluding steroid dienone is 1. The molecule has 0 spiro atoms. The van der Waals surface area contributed by atoms with Crippen LogP contribution in [0.25, 0.3) is 10.8 Å². The van der Waals surface area contributed by atoms with Gasteiger partial charge in [-0.15, -0.1) is 16.8 Å². The Kier molecular flexibility index (Phi) is 6.41. The molecule has 0 radical (unpaired) electrons. The number of hydrogen-bond donors (Lipinski definition) is 0. The average Bonchev–Trinajstić information content (AvgIpc) is 3.15. The van der Waals surface area contributed by atoms with Crippen molar-refractivity contribution in [2.75, 3.05) is 0 Å². The highest BCUT2D eigenvalue weighted by molar-refractivity contribution is 7.98. The van der Waals surface area contributed by atoms with E-state index < -0.39 is 0 Å². The van der Waals surface area contributed by atoms with E-state index in [1.54, 1.807) is 17.8 Å². The monoisotopic (exact) mass is 435 g/mol. The van der Waals surface area contributed by atoms with Crippen LogP contribution in [0.3, 0.4) is 0 Å². The van der Waals surface area contributed by atoms with E-state index in [2.05, 4.69) is 63.8 Å². The quantitative estimate of drug-likeness (QED) is 0.228. The Bertz CT molecular complexity index is 1170. The number of fused-ring (bicyclic) bond motifs is 1. The Morgan fingerprint density at radius 2 is 1.90 bits per heavy atom. The van der Waals surface area contributed by atoms with Crippen LogP contribution in [0.2, 0.25) is 5.02 Å². The van der Waals surface area contributed by atoms with Gasteiger partial charge in [0.15, 0.2) is 17.1 Å². The highest BCUT2D eigenvalue weighted by atomic mass is 35.5. The van der Waals surface area contributed by atoms with Gasteiger partial charge in [-0.25, -0.2) is 0 Å². The predicted octanol–water partition coefficient (Wildman–Crippen LogP) is 6.70. The number of hydrogen-bond acceptors (Lipinski definition) is 4. The van der Waals surface area contributed by atoms with E-state index in [1.165, 1.54) is 16.3 Å². The molecule has 0 fully saturated rings. The zero-order chi connectivity index (χ0) is 20.9. The third-order valence-electron chi connectivity index (χ3n) is 4.77. The number of halogens is 1. The van der Waals surface area contributed by atoms with Crippen molar-refractivity contribution in [1.82, 2.24) is 14.8 Å². The largest absolute Gasteiger partial charge is 0.483 e. The summed E-state index contributed by atoms with van der Waals surface area (Å²) in [5.41, 5.74) is 1.27. The van der Waals surface area contributed by atoms with Gasteiger partial charge in [0.2, 0.25) is 0 Å². The van der Waals surface area contributed by atoms with Crippen LogP contribution in [0.1, 0.15) is 24.4 Å². The molecular weight excluding hydrogens is 414 g/mol. The molecule has 1 unspecified atom stereocenters. The van der Waals surface area contributed by atoms with Gasteiger partial charge in [-0.1, -0.05) is 78.0 Å². The third-order valence-corrected chi connectivity index (χ3v) is 6.02. The fourth-order valence-electron chi connectivity index (χ4n) is 3.37. The minimum Gasteiger partial charge on any atom is -0.483 e. The first-order chi connectivity index (χ1) is 14.7. The first-order valence-corrected chi connectivity index (χ1v) is 11.1. The molecule has 0 aliphatic heterocycles. The second kappa shape index (κ2) is 9.37. The molecule has 0 aliphatic carbocycles. The van der Waals surface area contributed by atoms with E-state index in [4.69, 9.17) is 16.3 Å². The van der Waals surface area contributed by atoms with Gasteiger partial charge >= 0.3 is 0 Å². The van der Waals surface area contributed by atoms with Crippen LogP contribution in [-0.4, -0.2) is 14.8 Å². The molecule has 1 heterocycles. The van der Waals surface area contributed by atoms with E-state index in [0.717, 1.165) is 16.7 Å². The normalized spacial score (nSPS) is 12.1. The van der Waals surface area contributed by atoms with Crippen LogP contribution in [-0.2, 0) is 12.3 Å². The lowest BCUT2D eigenvalue weighted by Gasteiger charge is -2.16. The van der Waals surface area contributed by atoms with Crippen LogP contribution in [0.5, 0.6) is 5.75 Å². The maximum atomic E-state index is 6.07. The first kappa shape index (κ1) is 20.5. The van der Waals surface area contributed by atoms with Crippen LogP contribution < -0.4 is 4.74 Å². The Morgan fingerprint density at radius 1 is 1.10 bits per heavy atom. The molecule has 0 N–H and O–H groups in total. The van der Waals surface area contributed by atoms with Crippen LogP contribution >= 0.6 is 23.4 Å². The predicted molar refractivity (Wildman–Crippen MR) is 124 cm³/mol. The molecule has 30 heavy (non-hydrogen) atoms. The minimum atomic E-state index is -0.275. The minimum absolute atomic E-state index is 0.275. The van der Waals surface area contributed by atoms with Gasteiger partial charge in [-0.3, -0.25) is 4.57 Å². The Morgan fingerprint density at radius 3 is 2.73 bits per heavy atom. The number of aromatic nitrogens is 3. The summed E-state index contributed by atoms with van der Waals surface area (Å²) in [4.78, 5) is 0. The molecule has 3 aromatic carbocycles. The third kappa shape index (κ3) is 4.53. The van der Waals surface area contributed by atoms with E-state index in [-0.39, 0.29) is 6.10 Å². The van der Waals surface area contributed by atoms with Gasteiger partial charge in [0.1, 0.15) is 5.75 Å². The van der Waals surface area contributed by atoms with Gasteiger partial charge in [0.25, 0.3) is 0 Å². The second-order valence-electron chi connectivity index (χ2n) is 6.88. The smallest absolute Gasteiger partial charge is 0.191 e. The Balaban J connectivity index is 1.55. The van der Waals surface area contributed by atoms with E-state index in [0.29, 0.717) is 17.3 Å². The fourth-order valence-corrected chi connectivity index (χ4v) is 4.51. The molecule has 1 aromatic heterocycles. The summed E-state index contributed by atoms with van der Waals surface area (Å²) in [7, 11) is 0. The van der Waals surface area contributed by atoms with Crippen LogP contribution in [0.4, 0.5) is 0 Å². The highest BCUT2D eigenvalue weighted by Gasteiger charge is 2.19. The topological polar surface area (TPSA) is 39.9 Å². The molecule has 0 bridgehead atoms. The summed E-state index contributed by atoms with van der Waals surface area (Å²) in [6.45, 7) is 6.46. The molecule has 6 heteroatoms. The van der Waals surface area contributed by atoms with Crippen molar-refractivity contribution in [3.63, 3.8) is 0 Å². The average molecular weight is 436 g/mol. The lowest BCUT2D eigenvalue weighted by molar-refractivity contribution is 0.210. The first-order valence-electron chi connectivity index (χ1n) is 9.71. The van der Waals surface area contributed by atoms with Crippen molar-refractivity contribution in [3.05, 3.63) is 95.8 Å². The SMILES string of the molecule is C=CCn1c(SCc2cccc3ccccc23)nnc1C(C)Oc1cccc(Cl)c1. The van der Waals surface area contributed by atoms with E-state index in [9.17, 15) is 0 Å². The lowest BCUT2D eigenvalue weighted by Crippen LogP contribution is -2.12. The molecule has 4 aromatic rings. The molecule has 0 saturated carbocycles. The standard InChI is InChI=1S/C24H22ClN3OS/c1-3-14-28-23(17(2)29-21-12-7-11-20(25)15-21)26-27-24(28)30-16-19-10-6-9-18-8-4-5-13-22(18)19/h3-13,15,17H,1,14,16H2,2H3. The van der Waals surface area contributed by atoms with Crippen molar-refractivity contribution in [1.29, 1.82) is 0 Å². The number of benzene rings is 3. The lowest BCUT2D eigenvalue weighted by atomic mass is 10.1. The summed E-state index contributed by atoms with van der Waals surface area (Å²) in [5, 5.41) is 12.8. The molecule has 4 nitrogen and oxygen atoms in total. The Hall–Kier alpha value is -2.76. The summed E-state index contributed by atoms with van der Waals surface area (Å²) in [5.74, 6) is 2.27. The maximum Gasteiger partial charge on any atom is 0.191 e. The van der Waals surface area contributed by atoms with Gasteiger partial charge in [0.05, 0.1) is 0 Å². The molecule has 0 aliphatic rings. The second-order valence-corrected chi connectivity index (χ2v) is 8.26. The highest BCUT2D eigenvalue weighted by Crippen LogP contribution is 2.29. The zero-order valence-corrected chi connectivity index (χ0v) is 18.2. The van der Waals surface area contributed by atoms with Gasteiger partial charge < -0.3 is 4.74 Å². The van der Waals surface area contributed by atoms with E-state index in [1.807, 2.05) is 31.2 Å². The molecule has 4 rings (SSSR count). The molecule has 0 saturated heterocycles. The van der Waals surface area contributed by atoms with Crippen molar-refractivity contribution in [3.8, 4) is 5.75 Å². The van der Waals surface area contributed by atoms with Gasteiger partial charge in [-0.05, 0) is 41.5 Å². The van der Waals surface area contributed by atoms with E-state index >= 15 is 0 Å². The maximum absolute atomic E-state index is 6.07. The molecule has 152 valence electrons. The van der Waals surface area contributed by atoms with Gasteiger partial charge in [0, 0.05) is 17.3 Å². The number of rotatable bonds is 8. The number of thioether (sulfide) groups is 1. The number of ether oxygens (including phenoxy) is 1. The van der Waals surface area contributed by atoms with Crippen LogP contribution in [0.15, 0.2) is 84.5 Å². The number of nitrogens with zero attached hydrogens (tertiary/aromatic N) is 3. The Labute approximate surface area is 185 Å². The summed E-state index contributed by atoms with van der Waals surface area (Å²) in [6.07, 6.45) is 1.57. The summed E-state index contributed by atoms with van der Waals surface area (Å²) < 4.78 is 8.10. The van der Waals surface area contributed by atoms with Crippen molar-refractivity contribution >= 4 is 34.1 Å². The summed E-state index contributed by atoms with van der Waals surface area (Å²) in [6, 6.07) is 22.2. The van der Waals surface area contributed by atoms with Crippen molar-refractivity contribution in [2.45, 2.75) is 30.5 Å². The molecular formula is C24H22ClN3OS. The van der Waals surface area contributed by atoms with Gasteiger partial charge in [-0.2, -0.15) is 0 Å². The zero-order valence-electron chi connectivity index (χ0n) is 16.7.